The second-order valence-corrected chi connectivity index (χ2v) is 5.15. The lowest BCUT2D eigenvalue weighted by molar-refractivity contribution is -0.130. The summed E-state index contributed by atoms with van der Waals surface area (Å²) in [5, 5.41) is 0. The summed E-state index contributed by atoms with van der Waals surface area (Å²) in [4.78, 5) is 18.6. The highest BCUT2D eigenvalue weighted by Gasteiger charge is 2.32. The van der Waals surface area contributed by atoms with Crippen molar-refractivity contribution in [3.63, 3.8) is 0 Å². The predicted molar refractivity (Wildman–Crippen MR) is 78.1 cm³/mol. The standard InChI is InChI=1S/C15H20N4O/c1-2-18-12-7-4-3-6-11(12)17-15(18)13-8-5-9-19(13)14(20)10-16/h3-4,6-7,13H,2,5,8-10,16H2,1H3. The van der Waals surface area contributed by atoms with E-state index in [4.69, 9.17) is 10.7 Å². The van der Waals surface area contributed by atoms with Gasteiger partial charge in [0.25, 0.3) is 0 Å². The Morgan fingerprint density at radius 3 is 3.00 bits per heavy atom. The lowest BCUT2D eigenvalue weighted by Crippen LogP contribution is -2.36. The Bertz CT molecular complexity index is 634. The molecular formula is C15H20N4O. The smallest absolute Gasteiger partial charge is 0.236 e. The summed E-state index contributed by atoms with van der Waals surface area (Å²) < 4.78 is 2.21. The first-order valence-corrected chi connectivity index (χ1v) is 7.21. The number of benzene rings is 1. The normalized spacial score (nSPS) is 18.9. The first-order chi connectivity index (χ1) is 9.76. The molecule has 0 bridgehead atoms. The fraction of sp³-hybridized carbons (Fsp3) is 0.467. The summed E-state index contributed by atoms with van der Waals surface area (Å²) in [6.07, 6.45) is 1.98. The number of hydrogen-bond acceptors (Lipinski definition) is 3. The number of likely N-dealkylation sites (tertiary alicyclic amines) is 1. The van der Waals surface area contributed by atoms with Gasteiger partial charge in [-0.3, -0.25) is 4.79 Å². The summed E-state index contributed by atoms with van der Waals surface area (Å²) >= 11 is 0. The van der Waals surface area contributed by atoms with E-state index in [1.165, 1.54) is 0 Å². The fourth-order valence-electron chi connectivity index (χ4n) is 3.13. The van der Waals surface area contributed by atoms with Crippen LogP contribution in [0.15, 0.2) is 24.3 Å². The van der Waals surface area contributed by atoms with Crippen LogP contribution >= 0.6 is 0 Å². The van der Waals surface area contributed by atoms with Gasteiger partial charge in [-0.2, -0.15) is 0 Å². The average Bonchev–Trinajstić information content (AvgIpc) is 3.09. The van der Waals surface area contributed by atoms with Crippen LogP contribution in [0.3, 0.4) is 0 Å². The summed E-state index contributed by atoms with van der Waals surface area (Å²) in [5.41, 5.74) is 7.65. The van der Waals surface area contributed by atoms with Crippen LogP contribution in [-0.4, -0.2) is 33.4 Å². The zero-order chi connectivity index (χ0) is 14.1. The third kappa shape index (κ3) is 1.98. The Labute approximate surface area is 118 Å². The topological polar surface area (TPSA) is 64.2 Å². The van der Waals surface area contributed by atoms with Gasteiger partial charge in [-0.1, -0.05) is 12.1 Å². The molecule has 1 aliphatic heterocycles. The van der Waals surface area contributed by atoms with Crippen LogP contribution in [-0.2, 0) is 11.3 Å². The molecule has 1 aromatic heterocycles. The first kappa shape index (κ1) is 13.1. The molecule has 0 spiro atoms. The van der Waals surface area contributed by atoms with Crippen molar-refractivity contribution in [2.45, 2.75) is 32.4 Å². The third-order valence-electron chi connectivity index (χ3n) is 4.05. The van der Waals surface area contributed by atoms with Gasteiger partial charge in [0.05, 0.1) is 23.6 Å². The number of nitrogens with two attached hydrogens (primary N) is 1. The van der Waals surface area contributed by atoms with Gasteiger partial charge < -0.3 is 15.2 Å². The second kappa shape index (κ2) is 5.25. The summed E-state index contributed by atoms with van der Waals surface area (Å²) in [6.45, 7) is 3.83. The number of carbonyl (C=O) groups is 1. The van der Waals surface area contributed by atoms with E-state index < -0.39 is 0 Å². The zero-order valence-corrected chi connectivity index (χ0v) is 11.7. The van der Waals surface area contributed by atoms with Crippen LogP contribution in [0.25, 0.3) is 11.0 Å². The molecule has 1 unspecified atom stereocenters. The maximum absolute atomic E-state index is 12.0. The van der Waals surface area contributed by atoms with Gasteiger partial charge in [0.1, 0.15) is 5.82 Å². The summed E-state index contributed by atoms with van der Waals surface area (Å²) in [6, 6.07) is 8.20. The highest BCUT2D eigenvalue weighted by molar-refractivity contribution is 5.79. The van der Waals surface area contributed by atoms with E-state index in [0.717, 1.165) is 42.8 Å². The van der Waals surface area contributed by atoms with Crippen LogP contribution in [0.5, 0.6) is 0 Å². The molecule has 0 aliphatic carbocycles. The lowest BCUT2D eigenvalue weighted by Gasteiger charge is -2.24. The number of carbonyl (C=O) groups excluding carboxylic acids is 1. The molecule has 106 valence electrons. The molecule has 5 nitrogen and oxygen atoms in total. The molecule has 2 aromatic rings. The van der Waals surface area contributed by atoms with Crippen LogP contribution < -0.4 is 5.73 Å². The Hall–Kier alpha value is -1.88. The molecule has 1 amide bonds. The van der Waals surface area contributed by atoms with Crippen LogP contribution in [0, 0.1) is 0 Å². The molecule has 1 aromatic carbocycles. The molecule has 1 aliphatic rings. The van der Waals surface area contributed by atoms with E-state index in [9.17, 15) is 4.79 Å². The number of aryl methyl sites for hydroxylation is 1. The SMILES string of the molecule is CCn1c(C2CCCN2C(=O)CN)nc2ccccc21. The van der Waals surface area contributed by atoms with Crippen molar-refractivity contribution in [1.82, 2.24) is 14.5 Å². The largest absolute Gasteiger partial charge is 0.331 e. The highest BCUT2D eigenvalue weighted by atomic mass is 16.2. The molecule has 1 saturated heterocycles. The number of rotatable bonds is 3. The van der Waals surface area contributed by atoms with Crippen LogP contribution in [0.4, 0.5) is 0 Å². The van der Waals surface area contributed by atoms with Gasteiger partial charge in [-0.05, 0) is 31.9 Å². The average molecular weight is 272 g/mol. The number of imidazole rings is 1. The summed E-state index contributed by atoms with van der Waals surface area (Å²) in [5.74, 6) is 1.01. The molecule has 0 radical (unpaired) electrons. The molecular weight excluding hydrogens is 252 g/mol. The first-order valence-electron chi connectivity index (χ1n) is 7.21. The predicted octanol–water partition coefficient (Wildman–Crippen LogP) is 1.68. The Morgan fingerprint density at radius 1 is 1.45 bits per heavy atom. The van der Waals surface area contributed by atoms with E-state index in [1.54, 1.807) is 0 Å². The molecule has 3 rings (SSSR count). The quantitative estimate of drug-likeness (QED) is 0.924. The van der Waals surface area contributed by atoms with Gasteiger partial charge >= 0.3 is 0 Å². The van der Waals surface area contributed by atoms with E-state index in [-0.39, 0.29) is 18.5 Å². The number of amides is 1. The summed E-state index contributed by atoms with van der Waals surface area (Å²) in [7, 11) is 0. The van der Waals surface area contributed by atoms with Crippen molar-refractivity contribution >= 4 is 16.9 Å². The highest BCUT2D eigenvalue weighted by Crippen LogP contribution is 2.33. The van der Waals surface area contributed by atoms with Crippen molar-refractivity contribution in [3.05, 3.63) is 30.1 Å². The van der Waals surface area contributed by atoms with Gasteiger partial charge in [0.2, 0.25) is 5.91 Å². The van der Waals surface area contributed by atoms with Gasteiger partial charge in [0, 0.05) is 13.1 Å². The molecule has 2 N–H and O–H groups in total. The molecule has 1 atom stereocenters. The lowest BCUT2D eigenvalue weighted by atomic mass is 10.2. The molecule has 2 heterocycles. The maximum atomic E-state index is 12.0. The van der Waals surface area contributed by atoms with Gasteiger partial charge in [-0.25, -0.2) is 4.98 Å². The molecule has 1 fully saturated rings. The number of nitrogens with zero attached hydrogens (tertiary/aromatic N) is 3. The van der Waals surface area contributed by atoms with Gasteiger partial charge in [-0.15, -0.1) is 0 Å². The number of hydrogen-bond donors (Lipinski definition) is 1. The third-order valence-corrected chi connectivity index (χ3v) is 4.05. The number of para-hydroxylation sites is 2. The van der Waals surface area contributed by atoms with Crippen LogP contribution in [0.2, 0.25) is 0 Å². The molecule has 0 saturated carbocycles. The van der Waals surface area contributed by atoms with E-state index in [2.05, 4.69) is 17.6 Å². The zero-order valence-electron chi connectivity index (χ0n) is 11.7. The molecule has 20 heavy (non-hydrogen) atoms. The number of aromatic nitrogens is 2. The van der Waals surface area contributed by atoms with E-state index in [1.807, 2.05) is 23.1 Å². The van der Waals surface area contributed by atoms with Crippen LogP contribution in [0.1, 0.15) is 31.6 Å². The second-order valence-electron chi connectivity index (χ2n) is 5.15. The van der Waals surface area contributed by atoms with Crippen molar-refractivity contribution in [2.24, 2.45) is 5.73 Å². The minimum absolute atomic E-state index is 0.0159. The van der Waals surface area contributed by atoms with Crippen molar-refractivity contribution in [2.75, 3.05) is 13.1 Å². The fourth-order valence-corrected chi connectivity index (χ4v) is 3.13. The van der Waals surface area contributed by atoms with E-state index >= 15 is 0 Å². The Balaban J connectivity index is 2.07. The van der Waals surface area contributed by atoms with Crippen molar-refractivity contribution < 1.29 is 4.79 Å². The molecule has 5 heteroatoms. The van der Waals surface area contributed by atoms with Gasteiger partial charge in [0.15, 0.2) is 0 Å². The minimum Gasteiger partial charge on any atom is -0.331 e. The van der Waals surface area contributed by atoms with E-state index in [0.29, 0.717) is 0 Å². The van der Waals surface area contributed by atoms with Crippen molar-refractivity contribution in [1.29, 1.82) is 0 Å². The minimum atomic E-state index is 0.0159. The maximum Gasteiger partial charge on any atom is 0.236 e. The monoisotopic (exact) mass is 272 g/mol. The van der Waals surface area contributed by atoms with Crippen molar-refractivity contribution in [3.8, 4) is 0 Å². The number of fused-ring (bicyclic) bond motifs is 1. The Kier molecular flexibility index (Phi) is 3.44. The Morgan fingerprint density at radius 2 is 2.25 bits per heavy atom.